The summed E-state index contributed by atoms with van der Waals surface area (Å²) < 4.78 is 5.95. The number of phenols is 1. The number of benzene rings is 1. The Balaban J connectivity index is 1.97. The number of amides is 1. The molecule has 1 N–H and O–H groups in total. The second-order valence-electron chi connectivity index (χ2n) is 6.25. The van der Waals surface area contributed by atoms with Crippen LogP contribution in [0.5, 0.6) is 11.5 Å². The number of carbonyl (C=O) groups excluding carboxylic acids is 2. The first-order valence-electron chi connectivity index (χ1n) is 8.03. The molecule has 3 rings (SSSR count). The number of Topliss-reactive ketones (excluding diaryl/α,β-unsaturated/α-hetero) is 1. The zero-order valence-corrected chi connectivity index (χ0v) is 15.1. The largest absolute Gasteiger partial charge is 0.507 e. The van der Waals surface area contributed by atoms with E-state index in [0.717, 1.165) is 24.8 Å². The summed E-state index contributed by atoms with van der Waals surface area (Å²) in [5.74, 6) is 0.993. The van der Waals surface area contributed by atoms with Crippen molar-refractivity contribution in [3.05, 3.63) is 33.3 Å². The van der Waals surface area contributed by atoms with Crippen LogP contribution < -0.4 is 4.74 Å². The third-order valence-electron chi connectivity index (χ3n) is 4.92. The van der Waals surface area contributed by atoms with Crippen molar-refractivity contribution in [1.82, 2.24) is 4.90 Å². The Morgan fingerprint density at radius 2 is 2.17 bits per heavy atom. The molecule has 0 radical (unpaired) electrons. The molecule has 0 spiro atoms. The van der Waals surface area contributed by atoms with Crippen molar-refractivity contribution in [1.29, 1.82) is 0 Å². The summed E-state index contributed by atoms with van der Waals surface area (Å²) >= 11 is 3.35. The van der Waals surface area contributed by atoms with Crippen molar-refractivity contribution < 1.29 is 19.4 Å². The molecule has 0 saturated heterocycles. The quantitative estimate of drug-likeness (QED) is 0.630. The van der Waals surface area contributed by atoms with Gasteiger partial charge in [0.2, 0.25) is 6.41 Å². The highest BCUT2D eigenvalue weighted by Gasteiger charge is 2.33. The number of carbonyl (C=O) groups is 2. The maximum Gasteiger partial charge on any atom is 0.210 e. The number of hydrogen-bond donors (Lipinski definition) is 1. The summed E-state index contributed by atoms with van der Waals surface area (Å²) in [6.45, 7) is 0.641. The Morgan fingerprint density at radius 3 is 2.88 bits per heavy atom. The predicted octanol–water partition coefficient (Wildman–Crippen LogP) is 2.99. The SMILES string of the molecule is COc1c(CC2C3=C(CCN2C=O)CC(=O)CC3)ccc(O)c1Br. The summed E-state index contributed by atoms with van der Waals surface area (Å²) in [4.78, 5) is 25.1. The molecule has 6 heteroatoms. The van der Waals surface area contributed by atoms with Gasteiger partial charge < -0.3 is 14.7 Å². The molecule has 0 saturated carbocycles. The molecule has 1 aromatic carbocycles. The number of phenolic OH excluding ortho intramolecular Hbond substituents is 1. The molecule has 2 aliphatic rings. The lowest BCUT2D eigenvalue weighted by molar-refractivity contribution is -0.120. The summed E-state index contributed by atoms with van der Waals surface area (Å²) in [5, 5.41) is 9.84. The van der Waals surface area contributed by atoms with Crippen LogP contribution in [0.15, 0.2) is 27.8 Å². The Hall–Kier alpha value is -1.82. The van der Waals surface area contributed by atoms with Crippen molar-refractivity contribution in [3.8, 4) is 11.5 Å². The van der Waals surface area contributed by atoms with Crippen LogP contribution in [0.4, 0.5) is 0 Å². The van der Waals surface area contributed by atoms with Crippen LogP contribution in [0.3, 0.4) is 0 Å². The fourth-order valence-electron chi connectivity index (χ4n) is 3.70. The average Bonchev–Trinajstić information content (AvgIpc) is 2.58. The van der Waals surface area contributed by atoms with Gasteiger partial charge >= 0.3 is 0 Å². The Labute approximate surface area is 149 Å². The molecule has 1 aromatic rings. The van der Waals surface area contributed by atoms with E-state index in [0.29, 0.717) is 36.0 Å². The molecule has 1 unspecified atom stereocenters. The molecule has 1 atom stereocenters. The maximum atomic E-state index is 11.7. The van der Waals surface area contributed by atoms with Crippen LogP contribution in [0.2, 0.25) is 0 Å². The van der Waals surface area contributed by atoms with E-state index in [4.69, 9.17) is 4.74 Å². The maximum absolute atomic E-state index is 11.7. The molecule has 128 valence electrons. The van der Waals surface area contributed by atoms with E-state index in [1.165, 1.54) is 11.1 Å². The summed E-state index contributed by atoms with van der Waals surface area (Å²) in [6, 6.07) is 3.39. The topological polar surface area (TPSA) is 66.8 Å². The van der Waals surface area contributed by atoms with Gasteiger partial charge in [0, 0.05) is 25.8 Å². The number of ketones is 1. The lowest BCUT2D eigenvalue weighted by Crippen LogP contribution is -2.43. The van der Waals surface area contributed by atoms with Gasteiger partial charge in [-0.05, 0) is 46.0 Å². The Morgan fingerprint density at radius 1 is 1.38 bits per heavy atom. The zero-order chi connectivity index (χ0) is 17.3. The molecule has 24 heavy (non-hydrogen) atoms. The zero-order valence-electron chi connectivity index (χ0n) is 13.5. The number of nitrogens with zero attached hydrogens (tertiary/aromatic N) is 1. The normalized spacial score (nSPS) is 20.8. The van der Waals surface area contributed by atoms with Gasteiger partial charge in [0.05, 0.1) is 13.2 Å². The van der Waals surface area contributed by atoms with E-state index >= 15 is 0 Å². The second kappa shape index (κ2) is 6.97. The van der Waals surface area contributed by atoms with Gasteiger partial charge in [-0.3, -0.25) is 9.59 Å². The van der Waals surface area contributed by atoms with Gasteiger partial charge in [0.15, 0.2) is 0 Å². The van der Waals surface area contributed by atoms with Gasteiger partial charge in [-0.1, -0.05) is 11.6 Å². The minimum atomic E-state index is -0.0512. The minimum absolute atomic E-state index is 0.0512. The van der Waals surface area contributed by atoms with Gasteiger partial charge in [0.1, 0.15) is 21.8 Å². The summed E-state index contributed by atoms with van der Waals surface area (Å²) in [5.41, 5.74) is 3.34. The standard InChI is InChI=1S/C18H20BrNO4/c1-24-18-12(2-5-16(23)17(18)19)9-15-14-4-3-13(22)8-11(14)6-7-20(15)10-21/h2,5,10,15,23H,3-4,6-9H2,1H3. The molecule has 1 amide bonds. The average molecular weight is 394 g/mol. The predicted molar refractivity (Wildman–Crippen MR) is 93.1 cm³/mol. The highest BCUT2D eigenvalue weighted by Crippen LogP contribution is 2.40. The number of methoxy groups -OCH3 is 1. The van der Waals surface area contributed by atoms with Crippen molar-refractivity contribution in [2.75, 3.05) is 13.7 Å². The fraction of sp³-hybridized carbons (Fsp3) is 0.444. The van der Waals surface area contributed by atoms with E-state index in [1.54, 1.807) is 13.2 Å². The van der Waals surface area contributed by atoms with Crippen LogP contribution in [-0.4, -0.2) is 41.9 Å². The number of hydrogen-bond acceptors (Lipinski definition) is 4. The number of rotatable bonds is 4. The first-order valence-corrected chi connectivity index (χ1v) is 8.82. The van der Waals surface area contributed by atoms with Crippen molar-refractivity contribution >= 4 is 28.1 Å². The highest BCUT2D eigenvalue weighted by atomic mass is 79.9. The Bertz CT molecular complexity index is 713. The number of ether oxygens (including phenoxy) is 1. The molecule has 1 heterocycles. The molecular weight excluding hydrogens is 374 g/mol. The lowest BCUT2D eigenvalue weighted by atomic mass is 9.80. The molecule has 0 fully saturated rings. The molecular formula is C18H20BrNO4. The van der Waals surface area contributed by atoms with E-state index in [9.17, 15) is 14.7 Å². The molecule has 0 aromatic heterocycles. The van der Waals surface area contributed by atoms with Crippen molar-refractivity contribution in [2.45, 2.75) is 38.1 Å². The molecule has 1 aliphatic heterocycles. The monoisotopic (exact) mass is 393 g/mol. The fourth-order valence-corrected chi connectivity index (χ4v) is 4.25. The van der Waals surface area contributed by atoms with Crippen LogP contribution in [0, 0.1) is 0 Å². The van der Waals surface area contributed by atoms with Gasteiger partial charge in [-0.2, -0.15) is 0 Å². The summed E-state index contributed by atoms with van der Waals surface area (Å²) in [6.07, 6.45) is 4.09. The van der Waals surface area contributed by atoms with E-state index in [1.807, 2.05) is 11.0 Å². The number of halogens is 1. The third kappa shape index (κ3) is 3.07. The minimum Gasteiger partial charge on any atom is -0.507 e. The van der Waals surface area contributed by atoms with Gasteiger partial charge in [-0.15, -0.1) is 0 Å². The van der Waals surface area contributed by atoms with Crippen LogP contribution in [0.1, 0.15) is 31.2 Å². The Kier molecular flexibility index (Phi) is 4.94. The second-order valence-corrected chi connectivity index (χ2v) is 7.04. The first kappa shape index (κ1) is 17.0. The van der Waals surface area contributed by atoms with E-state index in [2.05, 4.69) is 15.9 Å². The van der Waals surface area contributed by atoms with E-state index < -0.39 is 0 Å². The number of aromatic hydroxyl groups is 1. The van der Waals surface area contributed by atoms with E-state index in [-0.39, 0.29) is 17.6 Å². The molecule has 1 aliphatic carbocycles. The summed E-state index contributed by atoms with van der Waals surface area (Å²) in [7, 11) is 1.56. The van der Waals surface area contributed by atoms with Gasteiger partial charge in [-0.25, -0.2) is 0 Å². The molecule has 5 nitrogen and oxygen atoms in total. The first-order chi connectivity index (χ1) is 11.5. The lowest BCUT2D eigenvalue weighted by Gasteiger charge is -2.39. The molecule has 0 bridgehead atoms. The third-order valence-corrected chi connectivity index (χ3v) is 5.69. The van der Waals surface area contributed by atoms with Crippen LogP contribution in [0.25, 0.3) is 0 Å². The van der Waals surface area contributed by atoms with Gasteiger partial charge in [0.25, 0.3) is 0 Å². The van der Waals surface area contributed by atoms with Crippen molar-refractivity contribution in [3.63, 3.8) is 0 Å². The highest BCUT2D eigenvalue weighted by molar-refractivity contribution is 9.10. The smallest absolute Gasteiger partial charge is 0.210 e. The van der Waals surface area contributed by atoms with Crippen LogP contribution in [-0.2, 0) is 16.0 Å². The van der Waals surface area contributed by atoms with Crippen LogP contribution >= 0.6 is 15.9 Å². The van der Waals surface area contributed by atoms with Crippen molar-refractivity contribution in [2.24, 2.45) is 0 Å².